The van der Waals surface area contributed by atoms with Crippen LogP contribution in [0.4, 0.5) is 4.39 Å². The first-order valence-electron chi connectivity index (χ1n) is 10.6. The number of hydrogen-bond acceptors (Lipinski definition) is 3. The molecule has 1 aromatic heterocycles. The first-order valence-corrected chi connectivity index (χ1v) is 12.0. The zero-order valence-electron chi connectivity index (χ0n) is 18.7. The van der Waals surface area contributed by atoms with Gasteiger partial charge in [0.25, 0.3) is 5.56 Å². The first kappa shape index (κ1) is 22.9. The number of halogens is 1. The monoisotopic (exact) mass is 464 g/mol. The second-order valence-electron chi connectivity index (χ2n) is 8.30. The van der Waals surface area contributed by atoms with Gasteiger partial charge in [-0.3, -0.25) is 4.79 Å². The number of fused-ring (bicyclic) bond motifs is 1. The number of sulfonamides is 1. The number of aromatic nitrogens is 1. The maximum absolute atomic E-state index is 14.5. The van der Waals surface area contributed by atoms with Crippen LogP contribution in [0.2, 0.25) is 0 Å². The highest BCUT2D eigenvalue weighted by molar-refractivity contribution is 7.89. The quantitative estimate of drug-likeness (QED) is 0.437. The lowest BCUT2D eigenvalue weighted by atomic mass is 10.0. The van der Waals surface area contributed by atoms with Crippen molar-refractivity contribution in [1.82, 2.24) is 9.29 Å². The van der Waals surface area contributed by atoms with Crippen LogP contribution in [0.15, 0.2) is 76.4 Å². The van der Waals surface area contributed by atoms with Gasteiger partial charge in [-0.25, -0.2) is 12.8 Å². The van der Waals surface area contributed by atoms with Gasteiger partial charge in [-0.05, 0) is 55.7 Å². The van der Waals surface area contributed by atoms with E-state index in [1.165, 1.54) is 18.2 Å². The summed E-state index contributed by atoms with van der Waals surface area (Å²) in [6.07, 6.45) is 0. The van der Waals surface area contributed by atoms with E-state index in [1.807, 2.05) is 57.2 Å². The smallest absolute Gasteiger partial charge is 0.252 e. The van der Waals surface area contributed by atoms with Crippen LogP contribution in [0, 0.1) is 26.6 Å². The molecule has 4 rings (SSSR count). The lowest BCUT2D eigenvalue weighted by Gasteiger charge is -2.23. The number of H-pyrrole nitrogens is 1. The number of benzene rings is 3. The highest BCUT2D eigenvalue weighted by Crippen LogP contribution is 2.25. The summed E-state index contributed by atoms with van der Waals surface area (Å²) in [7, 11) is -4.22. The minimum Gasteiger partial charge on any atom is -0.321 e. The number of aromatic amines is 1. The fourth-order valence-electron chi connectivity index (χ4n) is 3.84. The molecule has 0 aliphatic heterocycles. The second-order valence-corrected chi connectivity index (χ2v) is 10.2. The van der Waals surface area contributed by atoms with E-state index in [0.29, 0.717) is 5.56 Å². The van der Waals surface area contributed by atoms with Crippen LogP contribution in [0.3, 0.4) is 0 Å². The zero-order valence-corrected chi connectivity index (χ0v) is 19.5. The van der Waals surface area contributed by atoms with E-state index in [4.69, 9.17) is 0 Å². The van der Waals surface area contributed by atoms with E-state index in [2.05, 4.69) is 4.98 Å². The molecule has 5 nitrogen and oxygen atoms in total. The summed E-state index contributed by atoms with van der Waals surface area (Å²) in [5.74, 6) is -0.828. The highest BCUT2D eigenvalue weighted by Gasteiger charge is 2.28. The molecule has 4 aromatic rings. The SMILES string of the molecule is Cc1ccc(CN(Cc2cc3c(C)ccc(C)c3[nH]c2=O)S(=O)(=O)c2ccccc2F)cc1. The Balaban J connectivity index is 1.82. The van der Waals surface area contributed by atoms with Crippen molar-refractivity contribution < 1.29 is 12.8 Å². The minimum atomic E-state index is -4.22. The molecular weight excluding hydrogens is 439 g/mol. The molecule has 7 heteroatoms. The van der Waals surface area contributed by atoms with Crippen LogP contribution < -0.4 is 5.56 Å². The molecule has 0 radical (unpaired) electrons. The van der Waals surface area contributed by atoms with E-state index < -0.39 is 20.7 Å². The van der Waals surface area contributed by atoms with Crippen LogP contribution >= 0.6 is 0 Å². The largest absolute Gasteiger partial charge is 0.321 e. The molecule has 0 bridgehead atoms. The summed E-state index contributed by atoms with van der Waals surface area (Å²) >= 11 is 0. The van der Waals surface area contributed by atoms with Crippen molar-refractivity contribution >= 4 is 20.9 Å². The Kier molecular flexibility index (Phi) is 6.19. The summed E-state index contributed by atoms with van der Waals surface area (Å²) < 4.78 is 42.6. The van der Waals surface area contributed by atoms with Gasteiger partial charge in [0.1, 0.15) is 10.7 Å². The van der Waals surface area contributed by atoms with Crippen LogP contribution in [0.5, 0.6) is 0 Å². The molecule has 0 aliphatic carbocycles. The number of aryl methyl sites for hydroxylation is 3. The maximum Gasteiger partial charge on any atom is 0.252 e. The standard InChI is InChI=1S/C26H25FN2O3S/c1-17-8-12-20(13-9-17)15-29(33(31,32)24-7-5-4-6-23(24)27)16-21-14-22-18(2)10-11-19(3)25(22)28-26(21)30/h4-14H,15-16H2,1-3H3,(H,28,30). The average Bonchev–Trinajstić information content (AvgIpc) is 2.78. The molecule has 0 saturated heterocycles. The summed E-state index contributed by atoms with van der Waals surface area (Å²) in [6, 6.07) is 18.3. The molecule has 1 N–H and O–H groups in total. The number of nitrogens with zero attached hydrogens (tertiary/aromatic N) is 1. The van der Waals surface area contributed by atoms with Gasteiger partial charge in [0.15, 0.2) is 0 Å². The third kappa shape index (κ3) is 4.60. The fraction of sp³-hybridized carbons (Fsp3) is 0.192. The van der Waals surface area contributed by atoms with Gasteiger partial charge in [0, 0.05) is 24.0 Å². The third-order valence-electron chi connectivity index (χ3n) is 5.80. The van der Waals surface area contributed by atoms with Crippen LogP contribution in [0.1, 0.15) is 27.8 Å². The molecular formula is C26H25FN2O3S. The summed E-state index contributed by atoms with van der Waals surface area (Å²) in [5.41, 5.74) is 4.33. The normalized spacial score (nSPS) is 11.9. The fourth-order valence-corrected chi connectivity index (χ4v) is 5.31. The van der Waals surface area contributed by atoms with Gasteiger partial charge in [-0.15, -0.1) is 0 Å². The van der Waals surface area contributed by atoms with E-state index in [-0.39, 0.29) is 18.6 Å². The van der Waals surface area contributed by atoms with Gasteiger partial charge in [-0.2, -0.15) is 4.31 Å². The summed E-state index contributed by atoms with van der Waals surface area (Å²) in [5, 5.41) is 0.850. The van der Waals surface area contributed by atoms with Gasteiger partial charge in [-0.1, -0.05) is 54.1 Å². The van der Waals surface area contributed by atoms with Gasteiger partial charge < -0.3 is 4.98 Å². The van der Waals surface area contributed by atoms with Crippen LogP contribution in [0.25, 0.3) is 10.9 Å². The molecule has 0 atom stereocenters. The van der Waals surface area contributed by atoms with E-state index >= 15 is 0 Å². The molecule has 33 heavy (non-hydrogen) atoms. The molecule has 170 valence electrons. The second kappa shape index (κ2) is 8.92. The maximum atomic E-state index is 14.5. The Morgan fingerprint density at radius 1 is 0.879 bits per heavy atom. The van der Waals surface area contributed by atoms with Crippen molar-refractivity contribution in [2.24, 2.45) is 0 Å². The lowest BCUT2D eigenvalue weighted by Crippen LogP contribution is -2.33. The molecule has 3 aromatic carbocycles. The van der Waals surface area contributed by atoms with Crippen molar-refractivity contribution in [3.05, 3.63) is 111 Å². The number of nitrogens with one attached hydrogen (secondary N) is 1. The molecule has 0 unspecified atom stereocenters. The Bertz CT molecular complexity index is 1490. The van der Waals surface area contributed by atoms with E-state index in [1.54, 1.807) is 6.07 Å². The molecule has 0 aliphatic rings. The van der Waals surface area contributed by atoms with Gasteiger partial charge in [0.2, 0.25) is 10.0 Å². The number of rotatable bonds is 6. The van der Waals surface area contributed by atoms with Crippen molar-refractivity contribution in [3.63, 3.8) is 0 Å². The number of pyridine rings is 1. The molecule has 0 saturated carbocycles. The zero-order chi connectivity index (χ0) is 23.8. The molecule has 0 fully saturated rings. The van der Waals surface area contributed by atoms with Crippen molar-refractivity contribution in [2.45, 2.75) is 38.8 Å². The average molecular weight is 465 g/mol. The van der Waals surface area contributed by atoms with Crippen LogP contribution in [-0.2, 0) is 23.1 Å². The van der Waals surface area contributed by atoms with Gasteiger partial charge in [0.05, 0.1) is 5.52 Å². The Labute approximate surface area is 192 Å². The number of hydrogen-bond donors (Lipinski definition) is 1. The van der Waals surface area contributed by atoms with Crippen LogP contribution in [-0.4, -0.2) is 17.7 Å². The molecule has 0 spiro atoms. The molecule has 0 amide bonds. The Morgan fingerprint density at radius 2 is 1.55 bits per heavy atom. The summed E-state index contributed by atoms with van der Waals surface area (Å²) in [6.45, 7) is 5.59. The first-order chi connectivity index (χ1) is 15.7. The topological polar surface area (TPSA) is 70.2 Å². The predicted molar refractivity (Wildman–Crippen MR) is 128 cm³/mol. The third-order valence-corrected chi connectivity index (χ3v) is 7.63. The van der Waals surface area contributed by atoms with E-state index in [9.17, 15) is 17.6 Å². The van der Waals surface area contributed by atoms with E-state index in [0.717, 1.165) is 43.5 Å². The summed E-state index contributed by atoms with van der Waals surface area (Å²) in [4.78, 5) is 15.4. The lowest BCUT2D eigenvalue weighted by molar-refractivity contribution is 0.396. The van der Waals surface area contributed by atoms with Crippen molar-refractivity contribution in [1.29, 1.82) is 0 Å². The Morgan fingerprint density at radius 3 is 2.24 bits per heavy atom. The Hall–Kier alpha value is -3.29. The molecule has 1 heterocycles. The van der Waals surface area contributed by atoms with Gasteiger partial charge >= 0.3 is 0 Å². The predicted octanol–water partition coefficient (Wildman–Crippen LogP) is 4.98. The van der Waals surface area contributed by atoms with Crippen molar-refractivity contribution in [2.75, 3.05) is 0 Å². The minimum absolute atomic E-state index is 0.00121. The highest BCUT2D eigenvalue weighted by atomic mass is 32.2. The van der Waals surface area contributed by atoms with Crippen molar-refractivity contribution in [3.8, 4) is 0 Å².